The largest absolute Gasteiger partial charge is 0.386 e. The highest BCUT2D eigenvalue weighted by Gasteiger charge is 2.06. The first-order chi connectivity index (χ1) is 6.70. The minimum absolute atomic E-state index is 0.345. The van der Waals surface area contributed by atoms with Gasteiger partial charge in [0, 0.05) is 11.4 Å². The molecule has 0 saturated heterocycles. The molecule has 2 nitrogen and oxygen atoms in total. The molecule has 1 heterocycles. The molecule has 0 bridgehead atoms. The molecule has 0 aromatic carbocycles. The van der Waals surface area contributed by atoms with Crippen LogP contribution in [0.3, 0.4) is 0 Å². The summed E-state index contributed by atoms with van der Waals surface area (Å²) in [6.45, 7) is 6.06. The van der Waals surface area contributed by atoms with Gasteiger partial charge in [0.15, 0.2) is 0 Å². The van der Waals surface area contributed by atoms with Gasteiger partial charge in [-0.05, 0) is 30.3 Å². The molecule has 0 fully saturated rings. The van der Waals surface area contributed by atoms with E-state index in [0.29, 0.717) is 6.54 Å². The molecular weight excluding hydrogens is 194 g/mol. The quantitative estimate of drug-likeness (QED) is 0.711. The van der Waals surface area contributed by atoms with Crippen molar-refractivity contribution in [2.24, 2.45) is 5.92 Å². The van der Waals surface area contributed by atoms with Gasteiger partial charge in [-0.2, -0.15) is 0 Å². The van der Waals surface area contributed by atoms with Gasteiger partial charge >= 0.3 is 0 Å². The molecule has 0 radical (unpaired) electrons. The van der Waals surface area contributed by atoms with Gasteiger partial charge in [-0.15, -0.1) is 11.3 Å². The van der Waals surface area contributed by atoms with Crippen molar-refractivity contribution >= 4 is 11.3 Å². The zero-order valence-corrected chi connectivity index (χ0v) is 9.68. The number of thiophene rings is 1. The van der Waals surface area contributed by atoms with Gasteiger partial charge in [-0.25, -0.2) is 0 Å². The molecule has 0 amide bonds. The lowest BCUT2D eigenvalue weighted by atomic mass is 10.1. The Balaban J connectivity index is 2.13. The summed E-state index contributed by atoms with van der Waals surface area (Å²) in [4.78, 5) is 1.04. The molecule has 0 aliphatic heterocycles. The van der Waals surface area contributed by atoms with Gasteiger partial charge in [-0.3, -0.25) is 0 Å². The van der Waals surface area contributed by atoms with Crippen molar-refractivity contribution in [2.75, 3.05) is 13.1 Å². The Morgan fingerprint density at radius 1 is 1.50 bits per heavy atom. The molecule has 1 rings (SSSR count). The number of rotatable bonds is 6. The van der Waals surface area contributed by atoms with Crippen LogP contribution in [0, 0.1) is 5.92 Å². The smallest absolute Gasteiger partial charge is 0.101 e. The molecule has 2 N–H and O–H groups in total. The number of hydrogen-bond donors (Lipinski definition) is 2. The number of aliphatic hydroxyl groups is 1. The highest BCUT2D eigenvalue weighted by molar-refractivity contribution is 7.10. The zero-order chi connectivity index (χ0) is 10.4. The van der Waals surface area contributed by atoms with Gasteiger partial charge in [0.25, 0.3) is 0 Å². The van der Waals surface area contributed by atoms with E-state index in [-0.39, 0.29) is 6.10 Å². The van der Waals surface area contributed by atoms with Crippen molar-refractivity contribution in [3.05, 3.63) is 22.4 Å². The predicted molar refractivity (Wildman–Crippen MR) is 61.6 cm³/mol. The van der Waals surface area contributed by atoms with Crippen LogP contribution in [-0.4, -0.2) is 18.2 Å². The van der Waals surface area contributed by atoms with Crippen LogP contribution < -0.4 is 5.32 Å². The first-order valence-corrected chi connectivity index (χ1v) is 6.00. The number of nitrogens with one attached hydrogen (secondary N) is 1. The Hall–Kier alpha value is -0.380. The van der Waals surface area contributed by atoms with Gasteiger partial charge in [0.2, 0.25) is 0 Å². The van der Waals surface area contributed by atoms with E-state index >= 15 is 0 Å². The van der Waals surface area contributed by atoms with Crippen molar-refractivity contribution in [1.29, 1.82) is 0 Å². The van der Waals surface area contributed by atoms with E-state index in [9.17, 15) is 5.11 Å². The lowest BCUT2D eigenvalue weighted by Crippen LogP contribution is -2.22. The van der Waals surface area contributed by atoms with Crippen LogP contribution in [0.5, 0.6) is 0 Å². The van der Waals surface area contributed by atoms with Crippen LogP contribution in [0.4, 0.5) is 0 Å². The van der Waals surface area contributed by atoms with Crippen molar-refractivity contribution in [3.63, 3.8) is 0 Å². The second-order valence-corrected chi connectivity index (χ2v) is 4.90. The molecule has 1 unspecified atom stereocenters. The normalized spacial score (nSPS) is 13.4. The Kier molecular flexibility index (Phi) is 5.15. The standard InChI is InChI=1S/C11H19NOS/c1-9(2)5-6-12-8-10(13)11-4-3-7-14-11/h3-4,7,9-10,12-13H,5-6,8H2,1-2H3. The minimum Gasteiger partial charge on any atom is -0.386 e. The molecule has 1 aromatic rings. The van der Waals surface area contributed by atoms with Crippen LogP contribution in [0.25, 0.3) is 0 Å². The van der Waals surface area contributed by atoms with Crippen LogP contribution in [0.15, 0.2) is 17.5 Å². The van der Waals surface area contributed by atoms with E-state index in [0.717, 1.165) is 23.8 Å². The molecule has 0 aliphatic rings. The summed E-state index contributed by atoms with van der Waals surface area (Å²) in [5.41, 5.74) is 0. The number of hydrogen-bond acceptors (Lipinski definition) is 3. The fraction of sp³-hybridized carbons (Fsp3) is 0.636. The molecule has 3 heteroatoms. The monoisotopic (exact) mass is 213 g/mol. The summed E-state index contributed by atoms with van der Waals surface area (Å²) in [6.07, 6.45) is 0.819. The topological polar surface area (TPSA) is 32.3 Å². The third-order valence-corrected chi connectivity index (χ3v) is 3.08. The Bertz CT molecular complexity index is 233. The minimum atomic E-state index is -0.345. The third kappa shape index (κ3) is 4.22. The molecule has 14 heavy (non-hydrogen) atoms. The summed E-state index contributed by atoms with van der Waals surface area (Å²) in [7, 11) is 0. The van der Waals surface area contributed by atoms with Crippen molar-refractivity contribution in [2.45, 2.75) is 26.4 Å². The average Bonchev–Trinajstić information content (AvgIpc) is 2.64. The van der Waals surface area contributed by atoms with Crippen molar-refractivity contribution in [3.8, 4) is 0 Å². The number of aliphatic hydroxyl groups excluding tert-OH is 1. The molecular formula is C11H19NOS. The van der Waals surface area contributed by atoms with E-state index in [1.807, 2.05) is 17.5 Å². The van der Waals surface area contributed by atoms with Crippen LogP contribution in [-0.2, 0) is 0 Å². The van der Waals surface area contributed by atoms with Crippen LogP contribution >= 0.6 is 11.3 Å². The van der Waals surface area contributed by atoms with Crippen LogP contribution in [0.1, 0.15) is 31.2 Å². The molecule has 1 aromatic heterocycles. The highest BCUT2D eigenvalue weighted by atomic mass is 32.1. The summed E-state index contributed by atoms with van der Waals surface area (Å²) < 4.78 is 0. The molecule has 0 saturated carbocycles. The Morgan fingerprint density at radius 3 is 2.86 bits per heavy atom. The van der Waals surface area contributed by atoms with E-state index in [1.165, 1.54) is 0 Å². The zero-order valence-electron chi connectivity index (χ0n) is 8.86. The predicted octanol–water partition coefficient (Wildman–Crippen LogP) is 2.42. The third-order valence-electron chi connectivity index (χ3n) is 2.11. The van der Waals surface area contributed by atoms with Gasteiger partial charge < -0.3 is 10.4 Å². The molecule has 0 spiro atoms. The summed E-state index contributed by atoms with van der Waals surface area (Å²) in [6, 6.07) is 3.94. The fourth-order valence-corrected chi connectivity index (χ4v) is 1.92. The van der Waals surface area contributed by atoms with E-state index < -0.39 is 0 Å². The molecule has 80 valence electrons. The fourth-order valence-electron chi connectivity index (χ4n) is 1.21. The first-order valence-electron chi connectivity index (χ1n) is 5.12. The summed E-state index contributed by atoms with van der Waals surface area (Å²) >= 11 is 1.61. The lowest BCUT2D eigenvalue weighted by molar-refractivity contribution is 0.178. The average molecular weight is 213 g/mol. The summed E-state index contributed by atoms with van der Waals surface area (Å²) in [5.74, 6) is 0.724. The van der Waals surface area contributed by atoms with E-state index in [2.05, 4.69) is 19.2 Å². The lowest BCUT2D eigenvalue weighted by Gasteiger charge is -2.10. The highest BCUT2D eigenvalue weighted by Crippen LogP contribution is 2.17. The van der Waals surface area contributed by atoms with Gasteiger partial charge in [0.05, 0.1) is 0 Å². The van der Waals surface area contributed by atoms with Gasteiger partial charge in [-0.1, -0.05) is 19.9 Å². The maximum absolute atomic E-state index is 9.72. The maximum atomic E-state index is 9.72. The molecule has 1 atom stereocenters. The van der Waals surface area contributed by atoms with Crippen molar-refractivity contribution in [1.82, 2.24) is 5.32 Å². The second-order valence-electron chi connectivity index (χ2n) is 3.92. The first kappa shape index (κ1) is 11.7. The van der Waals surface area contributed by atoms with Gasteiger partial charge in [0.1, 0.15) is 6.10 Å². The maximum Gasteiger partial charge on any atom is 0.101 e. The summed E-state index contributed by atoms with van der Waals surface area (Å²) in [5, 5.41) is 15.0. The van der Waals surface area contributed by atoms with E-state index in [4.69, 9.17) is 0 Å². The van der Waals surface area contributed by atoms with Crippen LogP contribution in [0.2, 0.25) is 0 Å². The van der Waals surface area contributed by atoms with E-state index in [1.54, 1.807) is 11.3 Å². The van der Waals surface area contributed by atoms with Crippen molar-refractivity contribution < 1.29 is 5.11 Å². The molecule has 0 aliphatic carbocycles. The Labute approximate surface area is 90.0 Å². The second kappa shape index (κ2) is 6.17. The Morgan fingerprint density at radius 2 is 2.29 bits per heavy atom. The SMILES string of the molecule is CC(C)CCNCC(O)c1cccs1.